The Hall–Kier alpha value is -7.79. The van der Waals surface area contributed by atoms with Gasteiger partial charge in [0.1, 0.15) is 0 Å². The van der Waals surface area contributed by atoms with Gasteiger partial charge < -0.3 is 15.6 Å². The second-order valence-corrected chi connectivity index (χ2v) is 15.4. The van der Waals surface area contributed by atoms with Crippen LogP contribution in [0.15, 0.2) is 212 Å². The van der Waals surface area contributed by atoms with Crippen molar-refractivity contribution in [3.63, 3.8) is 0 Å². The number of fused-ring (bicyclic) bond motifs is 7. The molecule has 0 unspecified atom stereocenters. The zero-order valence-electron chi connectivity index (χ0n) is 32.9. The number of anilines is 2. The zero-order valence-corrected chi connectivity index (χ0v) is 32.9. The van der Waals surface area contributed by atoms with E-state index in [0.717, 1.165) is 67.3 Å². The van der Waals surface area contributed by atoms with Crippen molar-refractivity contribution < 1.29 is 0 Å². The minimum Gasteiger partial charge on any atom is -0.355 e. The molecule has 60 heavy (non-hydrogen) atoms. The van der Waals surface area contributed by atoms with Crippen LogP contribution in [0.25, 0.3) is 93.8 Å². The molecule has 11 rings (SSSR count). The second kappa shape index (κ2) is 14.9. The fourth-order valence-corrected chi connectivity index (χ4v) is 8.90. The Morgan fingerprint density at radius 2 is 1.03 bits per heavy atom. The van der Waals surface area contributed by atoms with E-state index in [9.17, 15) is 0 Å². The fraction of sp³-hybridized carbons (Fsp3) is 0.0179. The molecular formula is C56H40N4. The average molecular weight is 769 g/mol. The number of para-hydroxylation sites is 1. The molecule has 4 heteroatoms. The summed E-state index contributed by atoms with van der Waals surface area (Å²) in [5.74, 6) is 0. The van der Waals surface area contributed by atoms with Gasteiger partial charge in [0.25, 0.3) is 0 Å². The van der Waals surface area contributed by atoms with Crippen LogP contribution < -0.4 is 11.1 Å². The van der Waals surface area contributed by atoms with E-state index in [-0.39, 0.29) is 0 Å². The highest BCUT2D eigenvalue weighted by atomic mass is 15.0. The van der Waals surface area contributed by atoms with Crippen molar-refractivity contribution in [2.24, 2.45) is 5.73 Å². The lowest BCUT2D eigenvalue weighted by Crippen LogP contribution is -2.03. The Morgan fingerprint density at radius 1 is 0.433 bits per heavy atom. The molecule has 0 atom stereocenters. The Balaban J connectivity index is 1.16. The first-order valence-corrected chi connectivity index (χ1v) is 20.5. The molecule has 11 aromatic rings. The maximum Gasteiger partial charge on any atom is 0.0715 e. The lowest BCUT2D eigenvalue weighted by atomic mass is 9.90. The Kier molecular flexibility index (Phi) is 8.76. The number of nitrogens with two attached hydrogens (primary N) is 1. The van der Waals surface area contributed by atoms with Crippen LogP contribution in [0, 0.1) is 0 Å². The first kappa shape index (κ1) is 35.4. The van der Waals surface area contributed by atoms with Gasteiger partial charge in [0.05, 0.1) is 22.4 Å². The quantitative estimate of drug-likeness (QED) is 0.151. The lowest BCUT2D eigenvalue weighted by Gasteiger charge is -2.14. The number of nitrogens with zero attached hydrogens (tertiary/aromatic N) is 2. The minimum absolute atomic E-state index is 0.396. The summed E-state index contributed by atoms with van der Waals surface area (Å²) in [6, 6.07) is 75.6. The Labute approximate surface area is 348 Å². The summed E-state index contributed by atoms with van der Waals surface area (Å²) in [7, 11) is 0. The van der Waals surface area contributed by atoms with Gasteiger partial charge in [-0.3, -0.25) is 0 Å². The lowest BCUT2D eigenvalue weighted by molar-refractivity contribution is 1.08. The molecule has 0 spiro atoms. The number of benzene rings is 9. The monoisotopic (exact) mass is 768 g/mol. The van der Waals surface area contributed by atoms with E-state index in [4.69, 9.17) is 10.7 Å². The van der Waals surface area contributed by atoms with Gasteiger partial charge in [-0.05, 0) is 105 Å². The second-order valence-electron chi connectivity index (χ2n) is 15.4. The predicted molar refractivity (Wildman–Crippen MR) is 253 cm³/mol. The molecule has 2 aromatic heterocycles. The van der Waals surface area contributed by atoms with E-state index in [1.54, 1.807) is 0 Å². The molecule has 0 amide bonds. The number of nitrogens with one attached hydrogen (secondary N) is 1. The Morgan fingerprint density at radius 3 is 1.72 bits per heavy atom. The van der Waals surface area contributed by atoms with Crippen LogP contribution in [0.2, 0.25) is 0 Å². The van der Waals surface area contributed by atoms with Crippen molar-refractivity contribution in [1.29, 1.82) is 0 Å². The van der Waals surface area contributed by atoms with E-state index in [1.165, 1.54) is 43.4 Å². The van der Waals surface area contributed by atoms with Crippen molar-refractivity contribution in [3.8, 4) is 50.5 Å². The summed E-state index contributed by atoms with van der Waals surface area (Å²) in [6.45, 7) is 0.396. The highest BCUT2D eigenvalue weighted by Crippen LogP contribution is 2.45. The van der Waals surface area contributed by atoms with Crippen molar-refractivity contribution >= 4 is 54.7 Å². The van der Waals surface area contributed by atoms with Crippen molar-refractivity contribution in [2.45, 2.75) is 6.54 Å². The molecule has 0 fully saturated rings. The van der Waals surface area contributed by atoms with Gasteiger partial charge >= 0.3 is 0 Å². The predicted octanol–water partition coefficient (Wildman–Crippen LogP) is 14.4. The molecule has 0 radical (unpaired) electrons. The van der Waals surface area contributed by atoms with Gasteiger partial charge in [0.2, 0.25) is 0 Å². The summed E-state index contributed by atoms with van der Waals surface area (Å²) in [5, 5.41) is 11.0. The van der Waals surface area contributed by atoms with Crippen LogP contribution in [-0.4, -0.2) is 9.55 Å². The van der Waals surface area contributed by atoms with Gasteiger partial charge in [0.15, 0.2) is 0 Å². The standard InChI is InChI=1S/C56H40N4/c57-36-43-32-49-54(35-52(43)58-44-22-11-4-12-23-44)60(53-30-29-47-48(38-17-7-2-8-18-38)31-41-21-13-14-24-46(41)55(47)56(49)53)45-27-25-40(26-28-45)51-34-42(37-15-5-1-6-16-37)33-50(59-51)39-19-9-3-10-20-39/h1-35,58H,36,57H2. The molecule has 0 saturated heterocycles. The molecule has 2 heterocycles. The van der Waals surface area contributed by atoms with Crippen molar-refractivity contribution in [1.82, 2.24) is 9.55 Å². The molecule has 9 aromatic carbocycles. The van der Waals surface area contributed by atoms with Crippen molar-refractivity contribution in [3.05, 3.63) is 218 Å². The number of hydrogen-bond acceptors (Lipinski definition) is 3. The third-order valence-corrected chi connectivity index (χ3v) is 11.8. The van der Waals surface area contributed by atoms with E-state index in [1.807, 2.05) is 12.1 Å². The molecule has 4 nitrogen and oxygen atoms in total. The summed E-state index contributed by atoms with van der Waals surface area (Å²) in [5.41, 5.74) is 21.7. The summed E-state index contributed by atoms with van der Waals surface area (Å²) >= 11 is 0. The van der Waals surface area contributed by atoms with Gasteiger partial charge in [-0.15, -0.1) is 0 Å². The molecule has 0 bridgehead atoms. The van der Waals surface area contributed by atoms with Crippen LogP contribution in [0.5, 0.6) is 0 Å². The van der Waals surface area contributed by atoms with E-state index >= 15 is 0 Å². The number of pyridine rings is 1. The molecule has 0 aliphatic rings. The minimum atomic E-state index is 0.396. The molecule has 3 N–H and O–H groups in total. The van der Waals surface area contributed by atoms with Crippen LogP contribution in [0.4, 0.5) is 11.4 Å². The number of hydrogen-bond donors (Lipinski definition) is 2. The average Bonchev–Trinajstić information content (AvgIpc) is 3.65. The molecular weight excluding hydrogens is 729 g/mol. The first-order chi connectivity index (χ1) is 29.7. The van der Waals surface area contributed by atoms with Gasteiger partial charge in [-0.2, -0.15) is 0 Å². The molecule has 0 aliphatic carbocycles. The van der Waals surface area contributed by atoms with Crippen LogP contribution in [-0.2, 0) is 6.54 Å². The highest BCUT2D eigenvalue weighted by Gasteiger charge is 2.21. The number of aromatic nitrogens is 2. The summed E-state index contributed by atoms with van der Waals surface area (Å²) in [6.07, 6.45) is 0. The van der Waals surface area contributed by atoms with E-state index < -0.39 is 0 Å². The van der Waals surface area contributed by atoms with E-state index in [2.05, 4.69) is 210 Å². The highest BCUT2D eigenvalue weighted by molar-refractivity contribution is 6.30. The van der Waals surface area contributed by atoms with Gasteiger partial charge in [-0.1, -0.05) is 152 Å². The van der Waals surface area contributed by atoms with Gasteiger partial charge in [0, 0.05) is 50.9 Å². The Bertz CT molecular complexity index is 3280. The van der Waals surface area contributed by atoms with Crippen LogP contribution in [0.3, 0.4) is 0 Å². The van der Waals surface area contributed by atoms with Crippen molar-refractivity contribution in [2.75, 3.05) is 5.32 Å². The maximum atomic E-state index is 6.58. The maximum absolute atomic E-state index is 6.58. The summed E-state index contributed by atoms with van der Waals surface area (Å²) in [4.78, 5) is 5.23. The molecule has 284 valence electrons. The SMILES string of the molecule is NCc1cc2c3c4c(ccc3n(-c3ccc(-c5cc(-c6ccccc6)cc(-c6ccccc6)n5)cc3)c2cc1Nc1ccccc1)c(-c1ccccc1)cc1ccccc14. The topological polar surface area (TPSA) is 55.9 Å². The third kappa shape index (κ3) is 6.18. The smallest absolute Gasteiger partial charge is 0.0715 e. The zero-order chi connectivity index (χ0) is 40.0. The largest absolute Gasteiger partial charge is 0.355 e. The molecule has 0 saturated carbocycles. The third-order valence-electron chi connectivity index (χ3n) is 11.8. The summed E-state index contributed by atoms with van der Waals surface area (Å²) < 4.78 is 2.41. The first-order valence-electron chi connectivity index (χ1n) is 20.5. The number of rotatable bonds is 8. The van der Waals surface area contributed by atoms with Crippen LogP contribution >= 0.6 is 0 Å². The molecule has 0 aliphatic heterocycles. The fourth-order valence-electron chi connectivity index (χ4n) is 8.90. The van der Waals surface area contributed by atoms with Gasteiger partial charge in [-0.25, -0.2) is 4.98 Å². The normalized spacial score (nSPS) is 11.5. The van der Waals surface area contributed by atoms with E-state index in [0.29, 0.717) is 6.54 Å². The van der Waals surface area contributed by atoms with Crippen LogP contribution in [0.1, 0.15) is 5.56 Å².